The Hall–Kier alpha value is -3.77. The fraction of sp³-hybridized carbons (Fsp3) is 0.0769. The number of carboxylic acid groups (broad SMARTS) is 1. The number of thioether (sulfide) groups is 1. The van der Waals surface area contributed by atoms with Crippen LogP contribution in [-0.4, -0.2) is 42.4 Å². The molecule has 0 atom stereocenters. The number of hydrogen-bond donors (Lipinski definition) is 2. The van der Waals surface area contributed by atoms with Crippen LogP contribution in [0.2, 0.25) is 0 Å². The van der Waals surface area contributed by atoms with Gasteiger partial charge in [0.05, 0.1) is 10.6 Å². The number of hydrogen-bond acceptors (Lipinski definition) is 8. The van der Waals surface area contributed by atoms with E-state index in [1.165, 1.54) is 18.1 Å². The van der Waals surface area contributed by atoms with Crippen LogP contribution in [0, 0.1) is 6.07 Å². The number of nitrogens with one attached hydrogen (secondary N) is 1. The molecule has 2 heterocycles. The summed E-state index contributed by atoms with van der Waals surface area (Å²) in [5, 5.41) is 22.1. The molecule has 12 heteroatoms. The van der Waals surface area contributed by atoms with Crippen molar-refractivity contribution in [2.24, 2.45) is 4.99 Å². The van der Waals surface area contributed by atoms with E-state index < -0.39 is 5.97 Å². The molecule has 0 bridgehead atoms. The maximum atomic E-state index is 12.6. The van der Waals surface area contributed by atoms with Crippen LogP contribution in [0.3, 0.4) is 0 Å². The number of ether oxygens (including phenoxy) is 1. The largest absolute Gasteiger partial charge is 1.00 e. The Bertz CT molecular complexity index is 1430. The Labute approximate surface area is 245 Å². The second kappa shape index (κ2) is 14.2. The Morgan fingerprint density at radius 1 is 1.18 bits per heavy atom. The molecule has 0 spiro atoms. The average molecular weight is 537 g/mol. The second-order valence-corrected chi connectivity index (χ2v) is 8.54. The van der Waals surface area contributed by atoms with Crippen molar-refractivity contribution in [2.75, 3.05) is 0 Å². The van der Waals surface area contributed by atoms with Crippen LogP contribution in [0.1, 0.15) is 18.1 Å². The zero-order valence-electron chi connectivity index (χ0n) is 20.6. The van der Waals surface area contributed by atoms with E-state index in [-0.39, 0.29) is 35.5 Å². The molecular weight excluding hydrogens is 515 g/mol. The van der Waals surface area contributed by atoms with Gasteiger partial charge in [0, 0.05) is 18.6 Å². The summed E-state index contributed by atoms with van der Waals surface area (Å²) in [6.45, 7) is 1.47. The molecule has 1 aliphatic heterocycles. The van der Waals surface area contributed by atoms with E-state index in [0.29, 0.717) is 22.4 Å². The van der Waals surface area contributed by atoms with Gasteiger partial charge in [-0.2, -0.15) is 18.2 Å². The molecule has 3 aromatic carbocycles. The summed E-state index contributed by atoms with van der Waals surface area (Å²) in [4.78, 5) is 26.6. The summed E-state index contributed by atoms with van der Waals surface area (Å²) >= 11 is 1.28. The number of benzene rings is 3. The van der Waals surface area contributed by atoms with E-state index >= 15 is 0 Å². The number of aliphatic carboxylic acids is 1. The van der Waals surface area contributed by atoms with Crippen molar-refractivity contribution >= 4 is 40.6 Å². The second-order valence-electron chi connectivity index (χ2n) is 7.51. The monoisotopic (exact) mass is 536 g/mol. The smallest absolute Gasteiger partial charge is 0.488 e. The third-order valence-electron chi connectivity index (χ3n) is 4.72. The molecule has 1 fully saturated rings. The van der Waals surface area contributed by atoms with Crippen molar-refractivity contribution in [1.82, 2.24) is 25.5 Å². The number of amidine groups is 1. The van der Waals surface area contributed by atoms with E-state index in [4.69, 9.17) is 14.6 Å². The number of carbonyl (C=O) groups excluding carboxylic acids is 1. The third-order valence-corrected chi connectivity index (χ3v) is 5.63. The number of amides is 1. The minimum absolute atomic E-state index is 0. The number of nitrogens with zero attached hydrogens (tertiary/aromatic N) is 5. The van der Waals surface area contributed by atoms with Crippen molar-refractivity contribution in [3.05, 3.63) is 101 Å². The number of aliphatic imine (C=N–C) groups is 1. The minimum Gasteiger partial charge on any atom is -0.488 e. The van der Waals surface area contributed by atoms with Crippen molar-refractivity contribution in [3.63, 3.8) is 0 Å². The number of tetrazole rings is 1. The molecule has 5 rings (SSSR count). The van der Waals surface area contributed by atoms with Crippen molar-refractivity contribution in [1.29, 1.82) is 0 Å². The normalized spacial score (nSPS) is 14.3. The van der Waals surface area contributed by atoms with Gasteiger partial charge in [-0.25, -0.2) is 4.68 Å². The molecule has 0 aliphatic carbocycles. The molecule has 1 aromatic heterocycles. The molecule has 4 aromatic rings. The molecule has 1 amide bonds. The Kier molecular flexibility index (Phi) is 10.8. The molecule has 2 N–H and O–H groups in total. The molecule has 1 aliphatic rings. The van der Waals surface area contributed by atoms with Gasteiger partial charge >= 0.3 is 29.6 Å². The van der Waals surface area contributed by atoms with Gasteiger partial charge in [-0.15, -0.1) is 17.2 Å². The predicted molar refractivity (Wildman–Crippen MR) is 139 cm³/mol. The number of carboxylic acids is 1. The molecule has 38 heavy (non-hydrogen) atoms. The van der Waals surface area contributed by atoms with Gasteiger partial charge in [0.15, 0.2) is 5.17 Å². The quantitative estimate of drug-likeness (QED) is 0.212. The summed E-state index contributed by atoms with van der Waals surface area (Å²) in [6, 6.07) is 25.6. The van der Waals surface area contributed by atoms with Crippen LogP contribution in [0.4, 0.5) is 5.69 Å². The molecule has 1 saturated heterocycles. The Morgan fingerprint density at radius 3 is 2.61 bits per heavy atom. The molecule has 0 unspecified atom stereocenters. The van der Waals surface area contributed by atoms with Crippen molar-refractivity contribution in [2.45, 2.75) is 13.5 Å². The molecule has 0 saturated carbocycles. The summed E-state index contributed by atoms with van der Waals surface area (Å²) in [5.74, 6) is -0.434. The van der Waals surface area contributed by atoms with Crippen LogP contribution in [0.25, 0.3) is 11.8 Å². The summed E-state index contributed by atoms with van der Waals surface area (Å²) in [5.41, 5.74) is 3.29. The van der Waals surface area contributed by atoms with Gasteiger partial charge < -0.3 is 15.2 Å². The van der Waals surface area contributed by atoms with Crippen LogP contribution < -0.4 is 39.6 Å². The topological polar surface area (TPSA) is 132 Å². The molecule has 186 valence electrons. The molecule has 0 radical (unpaired) electrons. The van der Waals surface area contributed by atoms with E-state index in [1.54, 1.807) is 22.9 Å². The maximum Gasteiger partial charge on any atom is 1.00 e. The Balaban J connectivity index is 0.000000749. The minimum atomic E-state index is -0.833. The van der Waals surface area contributed by atoms with Gasteiger partial charge in [-0.3, -0.25) is 14.6 Å². The van der Waals surface area contributed by atoms with Crippen LogP contribution >= 0.6 is 11.8 Å². The van der Waals surface area contributed by atoms with Crippen molar-refractivity contribution in [3.8, 4) is 11.4 Å². The van der Waals surface area contributed by atoms with Gasteiger partial charge in [-0.1, -0.05) is 30.3 Å². The first-order chi connectivity index (χ1) is 18.0. The average Bonchev–Trinajstić information content (AvgIpc) is 3.55. The van der Waals surface area contributed by atoms with Gasteiger partial charge in [0.25, 0.3) is 11.9 Å². The number of aromatic nitrogens is 4. The zero-order chi connectivity index (χ0) is 26.0. The van der Waals surface area contributed by atoms with Crippen LogP contribution in [0.5, 0.6) is 5.75 Å². The van der Waals surface area contributed by atoms with Gasteiger partial charge in [0.1, 0.15) is 18.7 Å². The Morgan fingerprint density at radius 2 is 1.92 bits per heavy atom. The van der Waals surface area contributed by atoms with Crippen molar-refractivity contribution < 1.29 is 49.0 Å². The van der Waals surface area contributed by atoms with E-state index in [1.807, 2.05) is 60.7 Å². The molecule has 10 nitrogen and oxygen atoms in total. The van der Waals surface area contributed by atoms with Crippen LogP contribution in [0.15, 0.2) is 89.0 Å². The fourth-order valence-corrected chi connectivity index (χ4v) is 3.95. The number of carbonyl (C=O) groups is 2. The predicted octanol–water partition coefficient (Wildman–Crippen LogP) is 1.03. The van der Waals surface area contributed by atoms with Gasteiger partial charge in [0.2, 0.25) is 0 Å². The third kappa shape index (κ3) is 8.38. The van der Waals surface area contributed by atoms with E-state index in [9.17, 15) is 4.79 Å². The standard InChI is InChI=1S/C24H17N6O2S.C2H4O2.Na/c31-23-22(33-24(27-23)26-19-9-5-2-6-10-19)13-18-11-12-20(30-16-25-28-29-30)14-21(18)32-15-17-7-3-1-4-8-17;1-2(3)4;/h1,3-14,16H,15H2,(H,26,27,31);1H3,(H,3,4);/q-1;;+1. The summed E-state index contributed by atoms with van der Waals surface area (Å²) in [7, 11) is 0. The van der Waals surface area contributed by atoms with E-state index in [0.717, 1.165) is 29.4 Å². The van der Waals surface area contributed by atoms with E-state index in [2.05, 4.69) is 31.9 Å². The maximum absolute atomic E-state index is 12.6. The number of rotatable bonds is 6. The summed E-state index contributed by atoms with van der Waals surface area (Å²) < 4.78 is 7.68. The summed E-state index contributed by atoms with van der Waals surface area (Å²) in [6.07, 6.45) is 3.31. The fourth-order valence-electron chi connectivity index (χ4n) is 3.12. The first kappa shape index (κ1) is 28.8. The zero-order valence-corrected chi connectivity index (χ0v) is 23.4. The van der Waals surface area contributed by atoms with Crippen LogP contribution in [-0.2, 0) is 16.2 Å². The SMILES string of the molecule is CC(=O)O.O=C1NC(=Nc2cc[c-]cc2)SC1=Cc1ccc(-n2cnnn2)cc1OCc1ccccc1.[Na+]. The first-order valence-electron chi connectivity index (χ1n) is 11.0. The van der Waals surface area contributed by atoms with Gasteiger partial charge in [-0.05, 0) is 51.6 Å². The first-order valence-corrected chi connectivity index (χ1v) is 11.8. The molecular formula is C26H21N6NaO4S.